The van der Waals surface area contributed by atoms with Crippen molar-refractivity contribution in [1.82, 2.24) is 4.98 Å². The number of rotatable bonds is 1. The third-order valence-electron chi connectivity index (χ3n) is 3.60. The maximum Gasteiger partial charge on any atom is 0.149 e. The molecule has 5 heteroatoms. The SMILES string of the molecule is CN.N#Cc1c(Cl)nc2ccccc2c1N1CCCCC1. The Balaban J connectivity index is 0.000000774. The van der Waals surface area contributed by atoms with Gasteiger partial charge in [0.15, 0.2) is 0 Å². The molecule has 0 bridgehead atoms. The van der Waals surface area contributed by atoms with Crippen molar-refractivity contribution in [3.63, 3.8) is 0 Å². The summed E-state index contributed by atoms with van der Waals surface area (Å²) in [5, 5.41) is 10.7. The standard InChI is InChI=1S/C15H14ClN3.CH5N/c16-15-12(10-17)14(19-8-4-1-5-9-19)11-6-2-3-7-13(11)18-15;1-2/h2-3,6-7H,1,4-5,8-9H2;2H2,1H3. The van der Waals surface area contributed by atoms with Gasteiger partial charge in [-0.1, -0.05) is 29.8 Å². The molecular formula is C16H19ClN4. The first-order valence-corrected chi connectivity index (χ1v) is 7.50. The fourth-order valence-electron chi connectivity index (χ4n) is 2.71. The van der Waals surface area contributed by atoms with Crippen LogP contribution in [0.1, 0.15) is 24.8 Å². The molecule has 1 aromatic carbocycles. The molecule has 21 heavy (non-hydrogen) atoms. The van der Waals surface area contributed by atoms with Crippen LogP contribution in [-0.4, -0.2) is 25.1 Å². The van der Waals surface area contributed by atoms with Crippen LogP contribution in [-0.2, 0) is 0 Å². The highest BCUT2D eigenvalue weighted by Crippen LogP contribution is 2.34. The van der Waals surface area contributed by atoms with Crippen molar-refractivity contribution < 1.29 is 0 Å². The Morgan fingerprint density at radius 3 is 2.52 bits per heavy atom. The summed E-state index contributed by atoms with van der Waals surface area (Å²) in [6, 6.07) is 10.1. The number of anilines is 1. The number of nitrogens with zero attached hydrogens (tertiary/aromatic N) is 3. The molecule has 1 aliphatic rings. The fraction of sp³-hybridized carbons (Fsp3) is 0.375. The summed E-state index contributed by atoms with van der Waals surface area (Å²) in [5.74, 6) is 0. The highest BCUT2D eigenvalue weighted by Gasteiger charge is 2.20. The van der Waals surface area contributed by atoms with Gasteiger partial charge in [-0.2, -0.15) is 5.26 Å². The van der Waals surface area contributed by atoms with E-state index in [1.807, 2.05) is 24.3 Å². The number of hydrogen-bond donors (Lipinski definition) is 1. The van der Waals surface area contributed by atoms with Crippen LogP contribution in [0.2, 0.25) is 5.15 Å². The number of nitriles is 1. The van der Waals surface area contributed by atoms with E-state index in [1.54, 1.807) is 0 Å². The van der Waals surface area contributed by atoms with Gasteiger partial charge in [0, 0.05) is 18.5 Å². The summed E-state index contributed by atoms with van der Waals surface area (Å²) >= 11 is 6.17. The van der Waals surface area contributed by atoms with Gasteiger partial charge in [0.1, 0.15) is 16.8 Å². The van der Waals surface area contributed by atoms with Gasteiger partial charge in [-0.25, -0.2) is 4.98 Å². The number of benzene rings is 1. The summed E-state index contributed by atoms with van der Waals surface area (Å²) in [4.78, 5) is 6.59. The van der Waals surface area contributed by atoms with Crippen LogP contribution in [0.25, 0.3) is 10.9 Å². The van der Waals surface area contributed by atoms with Gasteiger partial charge in [0.25, 0.3) is 0 Å². The van der Waals surface area contributed by atoms with Crippen LogP contribution in [0.15, 0.2) is 24.3 Å². The average molecular weight is 303 g/mol. The third kappa shape index (κ3) is 3.10. The molecule has 1 fully saturated rings. The van der Waals surface area contributed by atoms with Crippen molar-refractivity contribution in [3.05, 3.63) is 35.0 Å². The largest absolute Gasteiger partial charge is 0.370 e. The molecule has 1 aliphatic heterocycles. The molecule has 0 unspecified atom stereocenters. The quantitative estimate of drug-likeness (QED) is 0.821. The second-order valence-electron chi connectivity index (χ2n) is 4.80. The summed E-state index contributed by atoms with van der Waals surface area (Å²) in [7, 11) is 1.50. The van der Waals surface area contributed by atoms with Gasteiger partial charge in [0.05, 0.1) is 11.2 Å². The Morgan fingerprint density at radius 1 is 1.19 bits per heavy atom. The number of para-hydroxylation sites is 1. The highest BCUT2D eigenvalue weighted by molar-refractivity contribution is 6.31. The molecule has 2 aromatic rings. The molecule has 0 spiro atoms. The number of aromatic nitrogens is 1. The number of fused-ring (bicyclic) bond motifs is 1. The maximum atomic E-state index is 9.39. The summed E-state index contributed by atoms with van der Waals surface area (Å²) in [6.07, 6.45) is 3.59. The first-order chi connectivity index (χ1) is 10.3. The van der Waals surface area contributed by atoms with E-state index in [4.69, 9.17) is 11.6 Å². The molecule has 2 N–H and O–H groups in total. The molecule has 0 saturated carbocycles. The minimum atomic E-state index is 0.307. The van der Waals surface area contributed by atoms with Crippen molar-refractivity contribution in [3.8, 4) is 6.07 Å². The van der Waals surface area contributed by atoms with E-state index in [2.05, 4.69) is 21.7 Å². The van der Waals surface area contributed by atoms with E-state index in [-0.39, 0.29) is 0 Å². The van der Waals surface area contributed by atoms with E-state index in [0.717, 1.165) is 29.7 Å². The van der Waals surface area contributed by atoms with Crippen LogP contribution in [0.3, 0.4) is 0 Å². The predicted molar refractivity (Wildman–Crippen MR) is 87.6 cm³/mol. The van der Waals surface area contributed by atoms with E-state index in [1.165, 1.54) is 26.3 Å². The van der Waals surface area contributed by atoms with E-state index < -0.39 is 0 Å². The molecular weight excluding hydrogens is 284 g/mol. The Hall–Kier alpha value is -1.83. The monoisotopic (exact) mass is 302 g/mol. The molecule has 3 rings (SSSR count). The van der Waals surface area contributed by atoms with Gasteiger partial charge < -0.3 is 10.6 Å². The minimum absolute atomic E-state index is 0.307. The van der Waals surface area contributed by atoms with Gasteiger partial charge >= 0.3 is 0 Å². The van der Waals surface area contributed by atoms with Crippen LogP contribution < -0.4 is 10.6 Å². The van der Waals surface area contributed by atoms with Crippen molar-refractivity contribution in [2.24, 2.45) is 5.73 Å². The van der Waals surface area contributed by atoms with Crippen molar-refractivity contribution in [2.75, 3.05) is 25.0 Å². The molecule has 1 aromatic heterocycles. The van der Waals surface area contributed by atoms with Gasteiger partial charge in [-0.05, 0) is 32.4 Å². The number of piperidine rings is 1. The predicted octanol–water partition coefficient (Wildman–Crippen LogP) is 3.33. The molecule has 110 valence electrons. The van der Waals surface area contributed by atoms with Crippen molar-refractivity contribution >= 4 is 28.2 Å². The molecule has 2 heterocycles. The summed E-state index contributed by atoms with van der Waals surface area (Å²) in [5.41, 5.74) is 6.81. The third-order valence-corrected chi connectivity index (χ3v) is 3.88. The number of halogens is 1. The Kier molecular flexibility index (Phi) is 5.38. The summed E-state index contributed by atoms with van der Waals surface area (Å²) in [6.45, 7) is 1.97. The van der Waals surface area contributed by atoms with E-state index in [0.29, 0.717) is 10.7 Å². The first-order valence-electron chi connectivity index (χ1n) is 7.12. The normalized spacial score (nSPS) is 14.3. The second-order valence-corrected chi connectivity index (χ2v) is 5.16. The zero-order valence-corrected chi connectivity index (χ0v) is 12.9. The van der Waals surface area contributed by atoms with E-state index >= 15 is 0 Å². The van der Waals surface area contributed by atoms with Crippen LogP contribution in [0.4, 0.5) is 5.69 Å². The van der Waals surface area contributed by atoms with Crippen LogP contribution in [0.5, 0.6) is 0 Å². The zero-order valence-electron chi connectivity index (χ0n) is 12.1. The highest BCUT2D eigenvalue weighted by atomic mass is 35.5. The lowest BCUT2D eigenvalue weighted by Gasteiger charge is -2.30. The Bertz CT molecular complexity index is 657. The maximum absolute atomic E-state index is 9.39. The lowest BCUT2D eigenvalue weighted by Crippen LogP contribution is -2.30. The molecule has 0 radical (unpaired) electrons. The Morgan fingerprint density at radius 2 is 1.86 bits per heavy atom. The van der Waals surface area contributed by atoms with Crippen LogP contribution in [0, 0.1) is 11.3 Å². The smallest absolute Gasteiger partial charge is 0.149 e. The average Bonchev–Trinajstić information content (AvgIpc) is 2.56. The van der Waals surface area contributed by atoms with E-state index in [9.17, 15) is 5.26 Å². The minimum Gasteiger partial charge on any atom is -0.370 e. The lowest BCUT2D eigenvalue weighted by atomic mass is 10.0. The fourth-order valence-corrected chi connectivity index (χ4v) is 2.93. The second kappa shape index (κ2) is 7.26. The van der Waals surface area contributed by atoms with Crippen molar-refractivity contribution in [2.45, 2.75) is 19.3 Å². The van der Waals surface area contributed by atoms with Gasteiger partial charge in [-0.3, -0.25) is 0 Å². The zero-order chi connectivity index (χ0) is 15.2. The first kappa shape index (κ1) is 15.6. The lowest BCUT2D eigenvalue weighted by molar-refractivity contribution is 0.578. The van der Waals surface area contributed by atoms with Gasteiger partial charge in [0.2, 0.25) is 0 Å². The number of pyridine rings is 1. The topological polar surface area (TPSA) is 65.9 Å². The number of nitrogens with two attached hydrogens (primary N) is 1. The molecule has 0 atom stereocenters. The van der Waals surface area contributed by atoms with Crippen molar-refractivity contribution in [1.29, 1.82) is 5.26 Å². The Labute approximate surface area is 130 Å². The van der Waals surface area contributed by atoms with Gasteiger partial charge in [-0.15, -0.1) is 0 Å². The summed E-state index contributed by atoms with van der Waals surface area (Å²) < 4.78 is 0. The molecule has 1 saturated heterocycles. The molecule has 0 aliphatic carbocycles. The number of hydrogen-bond acceptors (Lipinski definition) is 4. The van der Waals surface area contributed by atoms with Crippen LogP contribution >= 0.6 is 11.6 Å². The molecule has 0 amide bonds. The molecule has 4 nitrogen and oxygen atoms in total.